The lowest BCUT2D eigenvalue weighted by Gasteiger charge is -2.19. The number of hydrogen-bond donors (Lipinski definition) is 3. The van der Waals surface area contributed by atoms with Gasteiger partial charge in [0, 0.05) is 17.7 Å². The van der Waals surface area contributed by atoms with Gasteiger partial charge < -0.3 is 15.8 Å². The van der Waals surface area contributed by atoms with Crippen LogP contribution in [0.4, 0.5) is 0 Å². The molecule has 0 saturated heterocycles. The predicted octanol–water partition coefficient (Wildman–Crippen LogP) is 0.242. The van der Waals surface area contributed by atoms with Gasteiger partial charge in [-0.2, -0.15) is 0 Å². The third kappa shape index (κ3) is 2.45. The second-order valence-electron chi connectivity index (χ2n) is 2.55. The van der Waals surface area contributed by atoms with Crippen LogP contribution in [0.5, 0.6) is 0 Å². The first-order chi connectivity index (χ1) is 4.63. The van der Waals surface area contributed by atoms with Crippen LogP contribution in [0.25, 0.3) is 0 Å². The minimum atomic E-state index is -0.0370. The van der Waals surface area contributed by atoms with Gasteiger partial charge in [-0.3, -0.25) is 0 Å². The Kier molecular flexibility index (Phi) is 4.23. The summed E-state index contributed by atoms with van der Waals surface area (Å²) >= 11 is 0. The third-order valence-corrected chi connectivity index (χ3v) is 1.81. The van der Waals surface area contributed by atoms with Crippen molar-refractivity contribution in [2.24, 2.45) is 5.92 Å². The molecule has 0 fully saturated rings. The summed E-state index contributed by atoms with van der Waals surface area (Å²) in [6.45, 7) is 3.73. The molecule has 0 aliphatic rings. The molecule has 10 heavy (non-hydrogen) atoms. The molecule has 0 amide bonds. The number of rotatable bonds is 4. The van der Waals surface area contributed by atoms with Gasteiger partial charge in [0.15, 0.2) is 0 Å². The third-order valence-electron chi connectivity index (χ3n) is 1.81. The summed E-state index contributed by atoms with van der Waals surface area (Å²) in [5, 5.41) is 19.1. The molecule has 0 aromatic heterocycles. The Morgan fingerprint density at radius 2 is 2.20 bits per heavy atom. The molecule has 0 saturated carbocycles. The summed E-state index contributed by atoms with van der Waals surface area (Å²) in [4.78, 5) is 0. The van der Waals surface area contributed by atoms with Crippen LogP contribution >= 0.6 is 0 Å². The summed E-state index contributed by atoms with van der Waals surface area (Å²) in [6.07, 6.45) is 0. The fraction of sp³-hybridized carbons (Fsp3) is 0.857. The monoisotopic (exact) mass is 144 g/mol. The van der Waals surface area contributed by atoms with Crippen molar-refractivity contribution in [3.8, 4) is 0 Å². The maximum atomic E-state index is 8.82. The Hall–Kier alpha value is -0.410. The molecule has 0 rings (SSSR count). The molecular weight excluding hydrogens is 128 g/mol. The molecule has 3 nitrogen and oxygen atoms in total. The molecule has 0 aromatic rings. The maximum absolute atomic E-state index is 8.82. The molecular formula is C7H16N2O. The minimum Gasteiger partial charge on any atom is -0.396 e. The van der Waals surface area contributed by atoms with E-state index in [-0.39, 0.29) is 18.6 Å². The first-order valence-corrected chi connectivity index (χ1v) is 3.46. The topological polar surface area (TPSA) is 56.1 Å². The number of nitrogens with one attached hydrogen (secondary N) is 2. The Labute approximate surface area is 62.0 Å². The van der Waals surface area contributed by atoms with E-state index < -0.39 is 0 Å². The van der Waals surface area contributed by atoms with Crippen LogP contribution in [0.15, 0.2) is 0 Å². The Bertz CT molecular complexity index is 114. The van der Waals surface area contributed by atoms with E-state index in [1.54, 1.807) is 6.92 Å². The summed E-state index contributed by atoms with van der Waals surface area (Å²) in [7, 11) is 1.83. The minimum absolute atomic E-state index is 0.0370. The van der Waals surface area contributed by atoms with Crippen molar-refractivity contribution in [1.29, 1.82) is 5.41 Å². The van der Waals surface area contributed by atoms with Crippen molar-refractivity contribution in [1.82, 2.24) is 5.32 Å². The molecule has 0 heterocycles. The van der Waals surface area contributed by atoms with E-state index in [1.165, 1.54) is 0 Å². The second kappa shape index (κ2) is 4.41. The lowest BCUT2D eigenvalue weighted by Crippen LogP contribution is -2.36. The first kappa shape index (κ1) is 9.59. The smallest absolute Gasteiger partial charge is 0.0526 e. The lowest BCUT2D eigenvalue weighted by atomic mass is 9.98. The quantitative estimate of drug-likeness (QED) is 0.495. The molecule has 0 aliphatic carbocycles. The molecule has 0 radical (unpaired) electrons. The summed E-state index contributed by atoms with van der Waals surface area (Å²) in [5.41, 5.74) is 0.532. The van der Waals surface area contributed by atoms with Crippen molar-refractivity contribution in [3.05, 3.63) is 0 Å². The van der Waals surface area contributed by atoms with E-state index >= 15 is 0 Å². The van der Waals surface area contributed by atoms with Gasteiger partial charge in [0.05, 0.1) is 6.61 Å². The average molecular weight is 144 g/mol. The van der Waals surface area contributed by atoms with Crippen LogP contribution in [-0.2, 0) is 0 Å². The van der Waals surface area contributed by atoms with Crippen LogP contribution in [0.2, 0.25) is 0 Å². The van der Waals surface area contributed by atoms with E-state index in [9.17, 15) is 0 Å². The fourth-order valence-corrected chi connectivity index (χ4v) is 0.871. The summed E-state index contributed by atoms with van der Waals surface area (Å²) < 4.78 is 0. The highest BCUT2D eigenvalue weighted by molar-refractivity contribution is 5.81. The van der Waals surface area contributed by atoms with Gasteiger partial charge in [0.2, 0.25) is 0 Å². The lowest BCUT2D eigenvalue weighted by molar-refractivity contribution is 0.238. The van der Waals surface area contributed by atoms with E-state index in [2.05, 4.69) is 5.32 Å². The molecule has 0 aromatic carbocycles. The molecule has 3 heteroatoms. The van der Waals surface area contributed by atoms with Gasteiger partial charge in [-0.05, 0) is 20.9 Å². The zero-order chi connectivity index (χ0) is 8.15. The Balaban J connectivity index is 3.92. The fourth-order valence-electron chi connectivity index (χ4n) is 0.871. The molecule has 60 valence electrons. The van der Waals surface area contributed by atoms with Gasteiger partial charge in [-0.25, -0.2) is 0 Å². The zero-order valence-corrected chi connectivity index (χ0v) is 6.81. The summed E-state index contributed by atoms with van der Waals surface area (Å²) in [6, 6.07) is 0.183. The molecule has 0 spiro atoms. The van der Waals surface area contributed by atoms with Gasteiger partial charge in [0.25, 0.3) is 0 Å². The van der Waals surface area contributed by atoms with Crippen LogP contribution in [0.1, 0.15) is 13.8 Å². The second-order valence-corrected chi connectivity index (χ2v) is 2.55. The highest BCUT2D eigenvalue weighted by atomic mass is 16.3. The van der Waals surface area contributed by atoms with E-state index in [4.69, 9.17) is 10.5 Å². The normalized spacial score (nSPS) is 16.4. The largest absolute Gasteiger partial charge is 0.396 e. The summed E-state index contributed by atoms with van der Waals surface area (Å²) in [5.74, 6) is -0.0370. The SMILES string of the molecule is CNC(C)C(CO)C(C)=N. The van der Waals surface area contributed by atoms with Crippen molar-refractivity contribution in [2.75, 3.05) is 13.7 Å². The van der Waals surface area contributed by atoms with E-state index in [1.807, 2.05) is 14.0 Å². The standard InChI is InChI=1S/C7H16N2O/c1-5(8)7(4-10)6(2)9-3/h6-10H,4H2,1-3H3. The van der Waals surface area contributed by atoms with Gasteiger partial charge in [0.1, 0.15) is 0 Å². The zero-order valence-electron chi connectivity index (χ0n) is 6.81. The van der Waals surface area contributed by atoms with Crippen LogP contribution in [0, 0.1) is 11.3 Å². The van der Waals surface area contributed by atoms with Gasteiger partial charge >= 0.3 is 0 Å². The van der Waals surface area contributed by atoms with E-state index in [0.717, 1.165) is 0 Å². The van der Waals surface area contributed by atoms with Crippen molar-refractivity contribution in [2.45, 2.75) is 19.9 Å². The molecule has 0 aliphatic heterocycles. The number of aliphatic hydroxyl groups is 1. The van der Waals surface area contributed by atoms with Gasteiger partial charge in [-0.15, -0.1) is 0 Å². The Morgan fingerprint density at radius 1 is 1.70 bits per heavy atom. The van der Waals surface area contributed by atoms with Crippen molar-refractivity contribution in [3.63, 3.8) is 0 Å². The van der Waals surface area contributed by atoms with Crippen LogP contribution in [0.3, 0.4) is 0 Å². The number of aliphatic hydroxyl groups excluding tert-OH is 1. The van der Waals surface area contributed by atoms with Gasteiger partial charge in [-0.1, -0.05) is 0 Å². The average Bonchev–Trinajstić information content (AvgIpc) is 1.88. The van der Waals surface area contributed by atoms with Crippen LogP contribution in [-0.4, -0.2) is 30.5 Å². The highest BCUT2D eigenvalue weighted by Gasteiger charge is 2.15. The van der Waals surface area contributed by atoms with E-state index in [0.29, 0.717) is 5.71 Å². The van der Waals surface area contributed by atoms with Crippen molar-refractivity contribution < 1.29 is 5.11 Å². The first-order valence-electron chi connectivity index (χ1n) is 3.46. The predicted molar refractivity (Wildman–Crippen MR) is 42.5 cm³/mol. The molecule has 3 N–H and O–H groups in total. The Morgan fingerprint density at radius 3 is 2.30 bits per heavy atom. The maximum Gasteiger partial charge on any atom is 0.0526 e. The van der Waals surface area contributed by atoms with Crippen molar-refractivity contribution >= 4 is 5.71 Å². The highest BCUT2D eigenvalue weighted by Crippen LogP contribution is 2.02. The molecule has 2 unspecified atom stereocenters. The molecule has 0 bridgehead atoms. The molecule has 2 atom stereocenters. The van der Waals surface area contributed by atoms with Crippen LogP contribution < -0.4 is 5.32 Å². The number of hydrogen-bond acceptors (Lipinski definition) is 3.